The van der Waals surface area contributed by atoms with Crippen LogP contribution in [0, 0.1) is 20.8 Å². The lowest BCUT2D eigenvalue weighted by atomic mass is 10.3. The summed E-state index contributed by atoms with van der Waals surface area (Å²) in [4.78, 5) is 20.0. The van der Waals surface area contributed by atoms with Crippen molar-refractivity contribution in [2.45, 2.75) is 20.8 Å². The van der Waals surface area contributed by atoms with Crippen LogP contribution in [0.5, 0.6) is 0 Å². The Morgan fingerprint density at radius 3 is 2.71 bits per heavy atom. The van der Waals surface area contributed by atoms with E-state index in [2.05, 4.69) is 15.3 Å². The lowest BCUT2D eigenvalue weighted by Gasteiger charge is -2.03. The van der Waals surface area contributed by atoms with Crippen LogP contribution in [-0.2, 0) is 0 Å². The van der Waals surface area contributed by atoms with E-state index in [0.717, 1.165) is 5.69 Å². The number of aromatic nitrogens is 2. The van der Waals surface area contributed by atoms with Gasteiger partial charge in [0.25, 0.3) is 5.91 Å². The van der Waals surface area contributed by atoms with Gasteiger partial charge in [0.1, 0.15) is 0 Å². The maximum Gasteiger partial charge on any atom is 0.293 e. The van der Waals surface area contributed by atoms with Gasteiger partial charge in [-0.3, -0.25) is 9.78 Å². The van der Waals surface area contributed by atoms with Gasteiger partial charge in [-0.2, -0.15) is 0 Å². The van der Waals surface area contributed by atoms with E-state index in [-0.39, 0.29) is 11.7 Å². The van der Waals surface area contributed by atoms with Gasteiger partial charge >= 0.3 is 0 Å². The molecule has 0 unspecified atom stereocenters. The molecule has 88 valence electrons. The van der Waals surface area contributed by atoms with Gasteiger partial charge in [0, 0.05) is 24.5 Å². The maximum absolute atomic E-state index is 11.9. The Morgan fingerprint density at radius 1 is 1.35 bits per heavy atom. The van der Waals surface area contributed by atoms with Gasteiger partial charge in [-0.25, -0.2) is 4.98 Å². The molecule has 5 nitrogen and oxygen atoms in total. The molecule has 0 saturated heterocycles. The molecular weight excluding hydrogens is 218 g/mol. The predicted molar refractivity (Wildman–Crippen MR) is 62.9 cm³/mol. The molecule has 0 spiro atoms. The van der Waals surface area contributed by atoms with E-state index in [1.165, 1.54) is 0 Å². The summed E-state index contributed by atoms with van der Waals surface area (Å²) >= 11 is 0. The van der Waals surface area contributed by atoms with Crippen LogP contribution in [0.4, 0.5) is 5.69 Å². The summed E-state index contributed by atoms with van der Waals surface area (Å²) in [7, 11) is 0. The van der Waals surface area contributed by atoms with Crippen molar-refractivity contribution in [3.8, 4) is 0 Å². The zero-order chi connectivity index (χ0) is 12.4. The van der Waals surface area contributed by atoms with Crippen molar-refractivity contribution in [3.63, 3.8) is 0 Å². The highest BCUT2D eigenvalue weighted by Gasteiger charge is 2.15. The van der Waals surface area contributed by atoms with Gasteiger partial charge in [-0.1, -0.05) is 0 Å². The molecule has 2 aromatic heterocycles. The van der Waals surface area contributed by atoms with Crippen molar-refractivity contribution in [2.75, 3.05) is 5.32 Å². The predicted octanol–water partition coefficient (Wildman–Crippen LogP) is 2.25. The number of nitrogens with one attached hydrogen (secondary N) is 1. The number of carbonyl (C=O) groups is 1. The molecule has 2 rings (SSSR count). The zero-order valence-corrected chi connectivity index (χ0v) is 9.94. The third-order valence-corrected chi connectivity index (χ3v) is 2.26. The third-order valence-electron chi connectivity index (χ3n) is 2.26. The van der Waals surface area contributed by atoms with Crippen LogP contribution >= 0.6 is 0 Å². The molecule has 0 aliphatic rings. The summed E-state index contributed by atoms with van der Waals surface area (Å²) in [6.07, 6.45) is 1.64. The first-order chi connectivity index (χ1) is 8.06. The lowest BCUT2D eigenvalue weighted by molar-refractivity contribution is 0.0994. The van der Waals surface area contributed by atoms with Gasteiger partial charge < -0.3 is 9.73 Å². The minimum Gasteiger partial charge on any atom is -0.436 e. The van der Waals surface area contributed by atoms with Gasteiger partial charge in [-0.15, -0.1) is 0 Å². The molecule has 17 heavy (non-hydrogen) atoms. The average molecular weight is 231 g/mol. The van der Waals surface area contributed by atoms with Crippen LogP contribution in [0.15, 0.2) is 22.7 Å². The monoisotopic (exact) mass is 231 g/mol. The number of rotatable bonds is 2. The van der Waals surface area contributed by atoms with E-state index in [9.17, 15) is 4.79 Å². The average Bonchev–Trinajstić information content (AvgIpc) is 2.58. The number of nitrogens with zero attached hydrogens (tertiary/aromatic N) is 2. The molecule has 0 fully saturated rings. The number of oxazole rings is 1. The molecule has 0 bridgehead atoms. The Bertz CT molecular complexity index is 561. The normalized spacial score (nSPS) is 10.3. The third kappa shape index (κ3) is 2.50. The highest BCUT2D eigenvalue weighted by molar-refractivity contribution is 6.02. The topological polar surface area (TPSA) is 68.0 Å². The number of aryl methyl sites for hydroxylation is 3. The fourth-order valence-electron chi connectivity index (χ4n) is 1.55. The van der Waals surface area contributed by atoms with Crippen molar-refractivity contribution in [1.29, 1.82) is 0 Å². The Balaban J connectivity index is 2.20. The maximum atomic E-state index is 11.9. The Kier molecular flexibility index (Phi) is 2.91. The summed E-state index contributed by atoms with van der Waals surface area (Å²) in [5.41, 5.74) is 2.12. The first kappa shape index (κ1) is 11.3. The van der Waals surface area contributed by atoms with E-state index in [1.54, 1.807) is 32.2 Å². The molecule has 1 N–H and O–H groups in total. The van der Waals surface area contributed by atoms with Crippen LogP contribution < -0.4 is 5.32 Å². The minimum absolute atomic E-state index is 0.247. The first-order valence-electron chi connectivity index (χ1n) is 5.24. The molecule has 0 atom stereocenters. The molecule has 1 amide bonds. The van der Waals surface area contributed by atoms with E-state index in [0.29, 0.717) is 17.3 Å². The van der Waals surface area contributed by atoms with Crippen LogP contribution in [0.2, 0.25) is 0 Å². The number of carbonyl (C=O) groups excluding carboxylic acids is 1. The second-order valence-electron chi connectivity index (χ2n) is 3.79. The molecule has 0 aliphatic carbocycles. The summed E-state index contributed by atoms with van der Waals surface area (Å²) in [5, 5.41) is 2.74. The van der Waals surface area contributed by atoms with Gasteiger partial charge in [0.05, 0.1) is 5.69 Å². The van der Waals surface area contributed by atoms with E-state index in [4.69, 9.17) is 4.42 Å². The van der Waals surface area contributed by atoms with Gasteiger partial charge in [0.2, 0.25) is 5.76 Å². The van der Waals surface area contributed by atoms with E-state index < -0.39 is 0 Å². The molecule has 0 aromatic carbocycles. The van der Waals surface area contributed by atoms with Crippen molar-refractivity contribution < 1.29 is 9.21 Å². The van der Waals surface area contributed by atoms with Crippen LogP contribution in [0.3, 0.4) is 0 Å². The van der Waals surface area contributed by atoms with Gasteiger partial charge in [-0.05, 0) is 26.0 Å². The molecule has 0 aliphatic heterocycles. The largest absolute Gasteiger partial charge is 0.436 e. The zero-order valence-electron chi connectivity index (χ0n) is 9.94. The van der Waals surface area contributed by atoms with E-state index >= 15 is 0 Å². The minimum atomic E-state index is -0.297. The second-order valence-corrected chi connectivity index (χ2v) is 3.79. The van der Waals surface area contributed by atoms with Crippen molar-refractivity contribution in [1.82, 2.24) is 9.97 Å². The quantitative estimate of drug-likeness (QED) is 0.860. The number of amides is 1. The van der Waals surface area contributed by atoms with E-state index in [1.807, 2.05) is 6.92 Å². The van der Waals surface area contributed by atoms with Crippen LogP contribution in [-0.4, -0.2) is 15.9 Å². The second kappa shape index (κ2) is 4.37. The van der Waals surface area contributed by atoms with Gasteiger partial charge in [0.15, 0.2) is 5.89 Å². The number of hydrogen-bond acceptors (Lipinski definition) is 4. The first-order valence-corrected chi connectivity index (χ1v) is 5.24. The van der Waals surface area contributed by atoms with Crippen LogP contribution in [0.1, 0.15) is 27.8 Å². The number of hydrogen-bond donors (Lipinski definition) is 1. The molecule has 2 heterocycles. The SMILES string of the molecule is Cc1cc(NC(=O)c2oc(C)nc2C)ccn1. The highest BCUT2D eigenvalue weighted by atomic mass is 16.4. The Labute approximate surface area is 98.9 Å². The summed E-state index contributed by atoms with van der Waals surface area (Å²) in [5.74, 6) is 0.434. The number of anilines is 1. The standard InChI is InChI=1S/C12H13N3O2/c1-7-6-10(4-5-13-7)15-12(16)11-8(2)14-9(3)17-11/h4-6H,1-3H3,(H,13,15,16). The fourth-order valence-corrected chi connectivity index (χ4v) is 1.55. The van der Waals surface area contributed by atoms with Crippen molar-refractivity contribution >= 4 is 11.6 Å². The lowest BCUT2D eigenvalue weighted by Crippen LogP contribution is -2.12. The summed E-state index contributed by atoms with van der Waals surface area (Å²) in [6.45, 7) is 5.31. The molecule has 0 saturated carbocycles. The molecule has 2 aromatic rings. The Morgan fingerprint density at radius 2 is 2.12 bits per heavy atom. The Hall–Kier alpha value is -2.17. The fraction of sp³-hybridized carbons (Fsp3) is 0.250. The number of pyridine rings is 1. The highest BCUT2D eigenvalue weighted by Crippen LogP contribution is 2.13. The van der Waals surface area contributed by atoms with Crippen molar-refractivity contribution in [3.05, 3.63) is 41.4 Å². The molecular formula is C12H13N3O2. The smallest absolute Gasteiger partial charge is 0.293 e. The van der Waals surface area contributed by atoms with Crippen LogP contribution in [0.25, 0.3) is 0 Å². The van der Waals surface area contributed by atoms with Crippen molar-refractivity contribution in [2.24, 2.45) is 0 Å². The molecule has 0 radical (unpaired) electrons. The molecule has 5 heteroatoms. The summed E-state index contributed by atoms with van der Waals surface area (Å²) in [6, 6.07) is 3.51. The summed E-state index contributed by atoms with van der Waals surface area (Å²) < 4.78 is 5.24.